The number of halogens is 1. The number of hydrogen-bond donors (Lipinski definition) is 1. The molecule has 1 aromatic heterocycles. The van der Waals surface area contributed by atoms with Crippen molar-refractivity contribution in [2.45, 2.75) is 6.54 Å². The number of rotatable bonds is 5. The maximum Gasteiger partial charge on any atom is 0.321 e. The predicted molar refractivity (Wildman–Crippen MR) is 114 cm³/mol. The maximum atomic E-state index is 12.5. The zero-order valence-corrected chi connectivity index (χ0v) is 17.3. The van der Waals surface area contributed by atoms with E-state index < -0.39 is 0 Å². The molecule has 1 aliphatic rings. The maximum absolute atomic E-state index is 12.5. The highest BCUT2D eigenvalue weighted by atomic mass is 35.5. The van der Waals surface area contributed by atoms with Gasteiger partial charge in [-0.1, -0.05) is 28.9 Å². The summed E-state index contributed by atoms with van der Waals surface area (Å²) in [7, 11) is 1.63. The van der Waals surface area contributed by atoms with Crippen LogP contribution in [0.2, 0.25) is 5.02 Å². The summed E-state index contributed by atoms with van der Waals surface area (Å²) in [5.74, 6) is 1.87. The van der Waals surface area contributed by atoms with Gasteiger partial charge in [-0.15, -0.1) is 0 Å². The fourth-order valence-corrected chi connectivity index (χ4v) is 3.42. The van der Waals surface area contributed by atoms with Crippen LogP contribution in [0.15, 0.2) is 53.1 Å². The van der Waals surface area contributed by atoms with Gasteiger partial charge in [0.1, 0.15) is 5.75 Å². The van der Waals surface area contributed by atoms with Crippen molar-refractivity contribution in [2.75, 3.05) is 38.6 Å². The second-order valence-electron chi connectivity index (χ2n) is 6.91. The van der Waals surface area contributed by atoms with Gasteiger partial charge in [0, 0.05) is 31.7 Å². The van der Waals surface area contributed by atoms with E-state index in [1.54, 1.807) is 24.1 Å². The van der Waals surface area contributed by atoms with E-state index in [4.69, 9.17) is 20.9 Å². The van der Waals surface area contributed by atoms with Gasteiger partial charge < -0.3 is 19.5 Å². The molecule has 4 rings (SSSR count). The molecule has 0 radical (unpaired) electrons. The first-order valence-corrected chi connectivity index (χ1v) is 10.00. The largest absolute Gasteiger partial charge is 0.497 e. The van der Waals surface area contributed by atoms with Crippen molar-refractivity contribution in [3.63, 3.8) is 0 Å². The van der Waals surface area contributed by atoms with Gasteiger partial charge in [-0.2, -0.15) is 4.98 Å². The lowest BCUT2D eigenvalue weighted by Crippen LogP contribution is -2.49. The Hall–Kier alpha value is -3.10. The Balaban J connectivity index is 1.29. The first-order valence-electron chi connectivity index (χ1n) is 9.62. The summed E-state index contributed by atoms with van der Waals surface area (Å²) in [6, 6.07) is 14.6. The molecule has 0 saturated carbocycles. The number of ether oxygens (including phenoxy) is 1. The predicted octanol–water partition coefficient (Wildman–Crippen LogP) is 3.75. The van der Waals surface area contributed by atoms with Crippen LogP contribution in [0.25, 0.3) is 11.4 Å². The molecule has 9 heteroatoms. The molecule has 2 aromatic carbocycles. The summed E-state index contributed by atoms with van der Waals surface area (Å²) >= 11 is 6.11. The van der Waals surface area contributed by atoms with E-state index in [-0.39, 0.29) is 6.03 Å². The number of hydrogen-bond acceptors (Lipinski definition) is 6. The third kappa shape index (κ3) is 4.72. The van der Waals surface area contributed by atoms with Gasteiger partial charge in [-0.05, 0) is 36.4 Å². The first kappa shape index (κ1) is 20.2. The molecule has 0 atom stereocenters. The molecule has 30 heavy (non-hydrogen) atoms. The van der Waals surface area contributed by atoms with Crippen molar-refractivity contribution in [3.8, 4) is 17.1 Å². The van der Waals surface area contributed by atoms with Crippen LogP contribution in [0.5, 0.6) is 5.75 Å². The lowest BCUT2D eigenvalue weighted by atomic mass is 10.2. The van der Waals surface area contributed by atoms with Crippen LogP contribution >= 0.6 is 11.6 Å². The van der Waals surface area contributed by atoms with Gasteiger partial charge in [-0.25, -0.2) is 4.79 Å². The summed E-state index contributed by atoms with van der Waals surface area (Å²) in [6.07, 6.45) is 0. The zero-order valence-electron chi connectivity index (χ0n) is 16.5. The molecule has 156 valence electrons. The number of piperazine rings is 1. The van der Waals surface area contributed by atoms with E-state index in [0.29, 0.717) is 42.1 Å². The van der Waals surface area contributed by atoms with E-state index in [2.05, 4.69) is 20.4 Å². The van der Waals surface area contributed by atoms with Crippen LogP contribution in [0.3, 0.4) is 0 Å². The molecule has 3 aromatic rings. The van der Waals surface area contributed by atoms with Crippen molar-refractivity contribution in [1.82, 2.24) is 19.9 Å². The van der Waals surface area contributed by atoms with Crippen molar-refractivity contribution in [3.05, 3.63) is 59.4 Å². The van der Waals surface area contributed by atoms with Gasteiger partial charge >= 0.3 is 6.03 Å². The van der Waals surface area contributed by atoms with Crippen molar-refractivity contribution < 1.29 is 14.1 Å². The third-order valence-electron chi connectivity index (χ3n) is 4.95. The Morgan fingerprint density at radius 2 is 1.87 bits per heavy atom. The fraction of sp³-hybridized carbons (Fsp3) is 0.286. The fourth-order valence-electron chi connectivity index (χ4n) is 3.23. The monoisotopic (exact) mass is 427 g/mol. The number of nitrogens with zero attached hydrogens (tertiary/aromatic N) is 4. The Labute approximate surface area is 179 Å². The summed E-state index contributed by atoms with van der Waals surface area (Å²) in [5.41, 5.74) is 1.48. The number of benzene rings is 2. The van der Waals surface area contributed by atoms with Gasteiger partial charge in [0.2, 0.25) is 11.7 Å². The Morgan fingerprint density at radius 1 is 1.13 bits per heavy atom. The van der Waals surface area contributed by atoms with Crippen LogP contribution in [-0.4, -0.2) is 59.3 Å². The minimum absolute atomic E-state index is 0.151. The van der Waals surface area contributed by atoms with Gasteiger partial charge in [0.15, 0.2) is 0 Å². The number of amides is 2. The van der Waals surface area contributed by atoms with E-state index in [1.807, 2.05) is 36.4 Å². The highest BCUT2D eigenvalue weighted by Gasteiger charge is 2.23. The number of methoxy groups -OCH3 is 1. The minimum atomic E-state index is -0.151. The van der Waals surface area contributed by atoms with E-state index in [1.165, 1.54) is 0 Å². The number of nitrogens with one attached hydrogen (secondary N) is 1. The van der Waals surface area contributed by atoms with Crippen molar-refractivity contribution in [2.24, 2.45) is 0 Å². The molecular formula is C21H22ClN5O3. The molecule has 2 heterocycles. The van der Waals surface area contributed by atoms with Crippen LogP contribution in [-0.2, 0) is 6.54 Å². The molecule has 0 spiro atoms. The molecule has 2 amide bonds. The van der Waals surface area contributed by atoms with Gasteiger partial charge in [-0.3, -0.25) is 4.90 Å². The Bertz CT molecular complexity index is 1000. The molecule has 8 nitrogen and oxygen atoms in total. The second-order valence-corrected chi connectivity index (χ2v) is 7.32. The molecule has 0 bridgehead atoms. The molecule has 1 fully saturated rings. The summed E-state index contributed by atoms with van der Waals surface area (Å²) in [5, 5.41) is 7.45. The Kier molecular flexibility index (Phi) is 6.15. The van der Waals surface area contributed by atoms with E-state index in [9.17, 15) is 4.79 Å². The lowest BCUT2D eigenvalue weighted by Gasteiger charge is -2.33. The SMILES string of the molecule is COc1ccc(-c2noc(CN3CCN(C(=O)Nc4ccccc4Cl)CC3)n2)cc1. The van der Waals surface area contributed by atoms with Crippen LogP contribution in [0.4, 0.5) is 10.5 Å². The van der Waals surface area contributed by atoms with Crippen molar-refractivity contribution >= 4 is 23.3 Å². The number of urea groups is 1. The van der Waals surface area contributed by atoms with Crippen LogP contribution in [0, 0.1) is 0 Å². The average Bonchev–Trinajstić information content (AvgIpc) is 3.24. The van der Waals surface area contributed by atoms with Crippen molar-refractivity contribution in [1.29, 1.82) is 0 Å². The third-order valence-corrected chi connectivity index (χ3v) is 5.28. The van der Waals surface area contributed by atoms with Gasteiger partial charge in [0.05, 0.1) is 24.4 Å². The number of aromatic nitrogens is 2. The van der Waals surface area contributed by atoms with E-state index in [0.717, 1.165) is 24.4 Å². The topological polar surface area (TPSA) is 83.7 Å². The smallest absolute Gasteiger partial charge is 0.321 e. The number of carbonyl (C=O) groups excluding carboxylic acids is 1. The molecule has 1 N–H and O–H groups in total. The number of para-hydroxylation sites is 1. The highest BCUT2D eigenvalue weighted by molar-refractivity contribution is 6.33. The molecule has 0 aliphatic carbocycles. The molecule has 1 saturated heterocycles. The summed E-state index contributed by atoms with van der Waals surface area (Å²) in [4.78, 5) is 20.9. The average molecular weight is 428 g/mol. The minimum Gasteiger partial charge on any atom is -0.497 e. The lowest BCUT2D eigenvalue weighted by molar-refractivity contribution is 0.133. The van der Waals surface area contributed by atoms with Gasteiger partial charge in [0.25, 0.3) is 0 Å². The number of carbonyl (C=O) groups is 1. The number of anilines is 1. The standard InChI is InChI=1S/C21H22ClN5O3/c1-29-16-8-6-15(7-9-16)20-24-19(30-25-20)14-26-10-12-27(13-11-26)21(28)23-18-5-3-2-4-17(18)22/h2-9H,10-14H2,1H3,(H,23,28). The van der Waals surface area contributed by atoms with E-state index >= 15 is 0 Å². The molecule has 1 aliphatic heterocycles. The zero-order chi connectivity index (χ0) is 20.9. The van der Waals surface area contributed by atoms with Crippen LogP contribution in [0.1, 0.15) is 5.89 Å². The molecule has 0 unspecified atom stereocenters. The quantitative estimate of drug-likeness (QED) is 0.667. The first-order chi connectivity index (χ1) is 14.6. The summed E-state index contributed by atoms with van der Waals surface area (Å²) < 4.78 is 10.6. The summed E-state index contributed by atoms with van der Waals surface area (Å²) in [6.45, 7) is 3.20. The highest BCUT2D eigenvalue weighted by Crippen LogP contribution is 2.22. The van der Waals surface area contributed by atoms with Crippen LogP contribution < -0.4 is 10.1 Å². The normalized spacial score (nSPS) is 14.5. The second kappa shape index (κ2) is 9.15. The Morgan fingerprint density at radius 3 is 2.57 bits per heavy atom. The molecular weight excluding hydrogens is 406 g/mol.